The van der Waals surface area contributed by atoms with Gasteiger partial charge in [0, 0.05) is 17.8 Å². The molecule has 1 aliphatic heterocycles. The van der Waals surface area contributed by atoms with E-state index < -0.39 is 5.82 Å². The Morgan fingerprint density at radius 1 is 1.35 bits per heavy atom. The third-order valence-electron chi connectivity index (χ3n) is 3.21. The van der Waals surface area contributed by atoms with Gasteiger partial charge in [0.25, 0.3) is 0 Å². The first-order valence-corrected chi connectivity index (χ1v) is 6.45. The van der Waals surface area contributed by atoms with E-state index in [0.717, 1.165) is 31.5 Å². The number of nitrogen functional groups attached to an aromatic ring is 1. The van der Waals surface area contributed by atoms with Gasteiger partial charge in [0.2, 0.25) is 5.95 Å². The Kier molecular flexibility index (Phi) is 3.47. The molecule has 0 radical (unpaired) electrons. The van der Waals surface area contributed by atoms with Gasteiger partial charge in [-0.1, -0.05) is 12.1 Å². The molecular weight excluding hydrogens is 259 g/mol. The summed E-state index contributed by atoms with van der Waals surface area (Å²) in [5, 5.41) is 0. The predicted molar refractivity (Wildman–Crippen MR) is 74.6 cm³/mol. The number of nitrogens with zero attached hydrogens (tertiary/aromatic N) is 3. The van der Waals surface area contributed by atoms with E-state index in [9.17, 15) is 4.39 Å². The Labute approximate surface area is 116 Å². The van der Waals surface area contributed by atoms with Crippen LogP contribution in [-0.4, -0.2) is 29.9 Å². The second kappa shape index (κ2) is 5.42. The zero-order chi connectivity index (χ0) is 13.9. The third kappa shape index (κ3) is 2.55. The zero-order valence-corrected chi connectivity index (χ0v) is 10.9. The SMILES string of the molecule is Nc1ncc(F)c(-c2cccc(N3CCCOC3)c2)n1. The van der Waals surface area contributed by atoms with Crippen LogP contribution in [0.15, 0.2) is 30.5 Å². The lowest BCUT2D eigenvalue weighted by Gasteiger charge is -2.29. The fourth-order valence-corrected chi connectivity index (χ4v) is 2.23. The maximum Gasteiger partial charge on any atom is 0.220 e. The van der Waals surface area contributed by atoms with Crippen LogP contribution in [0.4, 0.5) is 16.0 Å². The van der Waals surface area contributed by atoms with E-state index in [1.54, 1.807) is 6.07 Å². The molecule has 0 unspecified atom stereocenters. The van der Waals surface area contributed by atoms with E-state index in [-0.39, 0.29) is 11.6 Å². The highest BCUT2D eigenvalue weighted by molar-refractivity contribution is 5.66. The number of halogens is 1. The zero-order valence-electron chi connectivity index (χ0n) is 10.9. The van der Waals surface area contributed by atoms with Crippen LogP contribution in [-0.2, 0) is 4.74 Å². The first-order chi connectivity index (χ1) is 9.74. The number of ether oxygens (including phenoxy) is 1. The summed E-state index contributed by atoms with van der Waals surface area (Å²) in [6.07, 6.45) is 2.08. The molecule has 1 aliphatic rings. The van der Waals surface area contributed by atoms with Crippen LogP contribution in [0.25, 0.3) is 11.3 Å². The second-order valence-electron chi connectivity index (χ2n) is 4.63. The highest BCUT2D eigenvalue weighted by Gasteiger charge is 2.14. The van der Waals surface area contributed by atoms with Crippen LogP contribution in [0.2, 0.25) is 0 Å². The summed E-state index contributed by atoms with van der Waals surface area (Å²) < 4.78 is 19.2. The number of hydrogen-bond acceptors (Lipinski definition) is 5. The van der Waals surface area contributed by atoms with Crippen molar-refractivity contribution in [3.63, 3.8) is 0 Å². The molecule has 2 N–H and O–H groups in total. The molecule has 2 heterocycles. The molecule has 0 spiro atoms. The normalized spacial score (nSPS) is 15.3. The van der Waals surface area contributed by atoms with Gasteiger partial charge in [-0.3, -0.25) is 0 Å². The second-order valence-corrected chi connectivity index (χ2v) is 4.63. The Hall–Kier alpha value is -2.21. The van der Waals surface area contributed by atoms with Crippen LogP contribution < -0.4 is 10.6 Å². The van der Waals surface area contributed by atoms with Gasteiger partial charge >= 0.3 is 0 Å². The van der Waals surface area contributed by atoms with Gasteiger partial charge in [0.15, 0.2) is 5.82 Å². The summed E-state index contributed by atoms with van der Waals surface area (Å²) in [5.74, 6) is -0.417. The van der Waals surface area contributed by atoms with Gasteiger partial charge in [-0.05, 0) is 18.6 Å². The summed E-state index contributed by atoms with van der Waals surface area (Å²) in [7, 11) is 0. The first kappa shape index (κ1) is 12.8. The van der Waals surface area contributed by atoms with E-state index in [2.05, 4.69) is 14.9 Å². The summed E-state index contributed by atoms with van der Waals surface area (Å²) in [6, 6.07) is 7.54. The molecule has 0 bridgehead atoms. The van der Waals surface area contributed by atoms with Crippen molar-refractivity contribution in [2.45, 2.75) is 6.42 Å². The minimum Gasteiger partial charge on any atom is -0.368 e. The molecule has 2 aromatic rings. The number of aromatic nitrogens is 2. The molecule has 0 saturated carbocycles. The lowest BCUT2D eigenvalue weighted by Crippen LogP contribution is -2.32. The standard InChI is InChI=1S/C14H15FN4O/c15-12-8-17-14(16)18-13(12)10-3-1-4-11(7-10)19-5-2-6-20-9-19/h1,3-4,7-8H,2,5-6,9H2,(H2,16,17,18). The Morgan fingerprint density at radius 3 is 3.05 bits per heavy atom. The smallest absolute Gasteiger partial charge is 0.220 e. The molecular formula is C14H15FN4O. The van der Waals surface area contributed by atoms with Crippen LogP contribution in [0, 0.1) is 5.82 Å². The molecule has 104 valence electrons. The van der Waals surface area contributed by atoms with Crippen molar-refractivity contribution < 1.29 is 9.13 Å². The fraction of sp³-hybridized carbons (Fsp3) is 0.286. The predicted octanol–water partition coefficient (Wildman–Crippen LogP) is 2.05. The third-order valence-corrected chi connectivity index (χ3v) is 3.21. The van der Waals surface area contributed by atoms with E-state index in [0.29, 0.717) is 12.3 Å². The summed E-state index contributed by atoms with van der Waals surface area (Å²) in [6.45, 7) is 2.27. The Morgan fingerprint density at radius 2 is 2.25 bits per heavy atom. The number of rotatable bonds is 2. The van der Waals surface area contributed by atoms with Crippen molar-refractivity contribution in [2.24, 2.45) is 0 Å². The van der Waals surface area contributed by atoms with Crippen molar-refractivity contribution in [3.05, 3.63) is 36.3 Å². The number of anilines is 2. The average molecular weight is 274 g/mol. The maximum absolute atomic E-state index is 13.8. The van der Waals surface area contributed by atoms with Crippen molar-refractivity contribution >= 4 is 11.6 Å². The first-order valence-electron chi connectivity index (χ1n) is 6.45. The van der Waals surface area contributed by atoms with E-state index >= 15 is 0 Å². The van der Waals surface area contributed by atoms with Crippen molar-refractivity contribution in [3.8, 4) is 11.3 Å². The average Bonchev–Trinajstić information content (AvgIpc) is 2.51. The van der Waals surface area contributed by atoms with Crippen molar-refractivity contribution in [1.82, 2.24) is 9.97 Å². The number of hydrogen-bond donors (Lipinski definition) is 1. The lowest BCUT2D eigenvalue weighted by atomic mass is 10.1. The van der Waals surface area contributed by atoms with Crippen LogP contribution >= 0.6 is 0 Å². The van der Waals surface area contributed by atoms with E-state index in [4.69, 9.17) is 10.5 Å². The van der Waals surface area contributed by atoms with Gasteiger partial charge in [-0.25, -0.2) is 14.4 Å². The van der Waals surface area contributed by atoms with Gasteiger partial charge in [-0.15, -0.1) is 0 Å². The van der Waals surface area contributed by atoms with Gasteiger partial charge in [0.1, 0.15) is 12.4 Å². The number of nitrogens with two attached hydrogens (primary N) is 1. The van der Waals surface area contributed by atoms with Gasteiger partial charge < -0.3 is 15.4 Å². The quantitative estimate of drug-likeness (QED) is 0.908. The summed E-state index contributed by atoms with van der Waals surface area (Å²) >= 11 is 0. The van der Waals surface area contributed by atoms with Crippen LogP contribution in [0.3, 0.4) is 0 Å². The summed E-state index contributed by atoms with van der Waals surface area (Å²) in [5.41, 5.74) is 7.41. The minimum atomic E-state index is -0.480. The molecule has 0 atom stereocenters. The summed E-state index contributed by atoms with van der Waals surface area (Å²) in [4.78, 5) is 9.72. The molecule has 1 fully saturated rings. The van der Waals surface area contributed by atoms with Gasteiger partial charge in [0.05, 0.1) is 12.8 Å². The van der Waals surface area contributed by atoms with Crippen molar-refractivity contribution in [1.29, 1.82) is 0 Å². The van der Waals surface area contributed by atoms with E-state index in [1.165, 1.54) is 0 Å². The molecule has 20 heavy (non-hydrogen) atoms. The molecule has 6 heteroatoms. The molecule has 1 aromatic carbocycles. The molecule has 3 rings (SSSR count). The van der Waals surface area contributed by atoms with Crippen molar-refractivity contribution in [2.75, 3.05) is 30.5 Å². The topological polar surface area (TPSA) is 64.3 Å². The van der Waals surface area contributed by atoms with Crippen LogP contribution in [0.5, 0.6) is 0 Å². The van der Waals surface area contributed by atoms with Crippen LogP contribution in [0.1, 0.15) is 6.42 Å². The number of benzene rings is 1. The molecule has 5 nitrogen and oxygen atoms in total. The molecule has 0 aliphatic carbocycles. The fourth-order valence-electron chi connectivity index (χ4n) is 2.23. The molecule has 1 saturated heterocycles. The largest absolute Gasteiger partial charge is 0.368 e. The monoisotopic (exact) mass is 274 g/mol. The molecule has 1 aromatic heterocycles. The minimum absolute atomic E-state index is 0.0631. The lowest BCUT2D eigenvalue weighted by molar-refractivity contribution is 0.107. The highest BCUT2D eigenvalue weighted by Crippen LogP contribution is 2.26. The maximum atomic E-state index is 13.8. The highest BCUT2D eigenvalue weighted by atomic mass is 19.1. The molecule has 0 amide bonds. The van der Waals surface area contributed by atoms with Gasteiger partial charge in [-0.2, -0.15) is 0 Å². The Balaban J connectivity index is 1.96. The Bertz CT molecular complexity index is 614. The van der Waals surface area contributed by atoms with E-state index in [1.807, 2.05) is 18.2 Å².